The second-order valence-corrected chi connectivity index (χ2v) is 14.8. The summed E-state index contributed by atoms with van der Waals surface area (Å²) in [5, 5.41) is 6.41. The molecule has 0 saturated carbocycles. The Labute approximate surface area is 320 Å². The predicted molar refractivity (Wildman–Crippen MR) is 215 cm³/mol. The molecule has 0 bridgehead atoms. The second kappa shape index (κ2) is 14.9. The Morgan fingerprint density at radius 1 is 0.455 bits per heavy atom. The highest BCUT2D eigenvalue weighted by Gasteiger charge is 2.37. The minimum Gasteiger partial charge on any atom is -0.493 e. The van der Waals surface area contributed by atoms with Crippen molar-refractivity contribution >= 4 is 66.7 Å². The molecule has 0 fully saturated rings. The van der Waals surface area contributed by atoms with E-state index in [1.165, 1.54) is 76.1 Å². The first-order valence-corrected chi connectivity index (χ1v) is 19.5. The molecule has 0 spiro atoms. The number of amides is 4. The molecule has 6 aromatic rings. The van der Waals surface area contributed by atoms with Crippen LogP contribution in [0.1, 0.15) is 118 Å². The van der Waals surface area contributed by atoms with Crippen LogP contribution in [0.5, 0.6) is 17.2 Å². The largest absolute Gasteiger partial charge is 0.493 e. The van der Waals surface area contributed by atoms with Crippen LogP contribution in [-0.4, -0.2) is 61.3 Å². The molecule has 0 radical (unpaired) electrons. The van der Waals surface area contributed by atoms with Crippen molar-refractivity contribution in [1.82, 2.24) is 9.80 Å². The van der Waals surface area contributed by atoms with Gasteiger partial charge in [-0.25, -0.2) is 0 Å². The molecular weight excluding hydrogens is 693 g/mol. The van der Waals surface area contributed by atoms with E-state index in [0.29, 0.717) is 62.4 Å². The fraction of sp³-hybridized carbons (Fsp3) is 0.348. The molecule has 55 heavy (non-hydrogen) atoms. The molecule has 0 N–H and O–H groups in total. The molecule has 0 saturated heterocycles. The van der Waals surface area contributed by atoms with E-state index in [0.717, 1.165) is 51.6 Å². The molecule has 0 aromatic heterocycles. The van der Waals surface area contributed by atoms with Crippen LogP contribution in [0.3, 0.4) is 0 Å². The Hall–Kier alpha value is -5.70. The Kier molecular flexibility index (Phi) is 9.80. The van der Waals surface area contributed by atoms with Gasteiger partial charge in [0.15, 0.2) is 11.5 Å². The van der Waals surface area contributed by atoms with Crippen molar-refractivity contribution in [2.24, 2.45) is 0 Å². The Bertz CT molecular complexity index is 2380. The average Bonchev–Trinajstić information content (AvgIpc) is 3.21. The number of imide groups is 2. The van der Waals surface area contributed by atoms with E-state index < -0.39 is 11.8 Å². The van der Waals surface area contributed by atoms with E-state index in [4.69, 9.17) is 14.2 Å². The molecule has 0 unspecified atom stereocenters. The number of hydrogen-bond donors (Lipinski definition) is 0. The van der Waals surface area contributed by atoms with Crippen molar-refractivity contribution in [2.45, 2.75) is 77.7 Å². The highest BCUT2D eigenvalue weighted by molar-refractivity contribution is 6.41. The number of methoxy groups -OCH3 is 3. The van der Waals surface area contributed by atoms with E-state index in [-0.39, 0.29) is 18.4 Å². The van der Waals surface area contributed by atoms with Gasteiger partial charge in [0, 0.05) is 39.6 Å². The van der Waals surface area contributed by atoms with E-state index >= 15 is 0 Å². The van der Waals surface area contributed by atoms with E-state index in [2.05, 4.69) is 6.92 Å². The van der Waals surface area contributed by atoms with Crippen molar-refractivity contribution in [3.8, 4) is 17.2 Å². The summed E-state index contributed by atoms with van der Waals surface area (Å²) in [6, 6.07) is 18.5. The van der Waals surface area contributed by atoms with Crippen molar-refractivity contribution in [2.75, 3.05) is 27.9 Å². The van der Waals surface area contributed by atoms with Gasteiger partial charge in [-0.2, -0.15) is 0 Å². The molecule has 2 aliphatic heterocycles. The number of unbranched alkanes of at least 4 members (excludes halogenated alkanes) is 9. The summed E-state index contributed by atoms with van der Waals surface area (Å²) in [7, 11) is 4.56. The molecule has 9 heteroatoms. The van der Waals surface area contributed by atoms with Crippen LogP contribution >= 0.6 is 0 Å². The fourth-order valence-electron chi connectivity index (χ4n) is 8.88. The van der Waals surface area contributed by atoms with Crippen LogP contribution in [0.4, 0.5) is 0 Å². The van der Waals surface area contributed by atoms with Crippen LogP contribution < -0.4 is 14.2 Å². The lowest BCUT2D eigenvalue weighted by Gasteiger charge is -2.30. The van der Waals surface area contributed by atoms with Crippen LogP contribution in [0.15, 0.2) is 60.7 Å². The first-order valence-electron chi connectivity index (χ1n) is 19.5. The van der Waals surface area contributed by atoms with Gasteiger partial charge < -0.3 is 14.2 Å². The number of ether oxygens (including phenoxy) is 3. The van der Waals surface area contributed by atoms with Gasteiger partial charge in [0.2, 0.25) is 5.75 Å². The number of rotatable bonds is 16. The molecule has 282 valence electrons. The maximum absolute atomic E-state index is 14.2. The molecule has 2 heterocycles. The van der Waals surface area contributed by atoms with Crippen LogP contribution in [0.2, 0.25) is 0 Å². The number of carbonyl (C=O) groups is 4. The third-order valence-electron chi connectivity index (χ3n) is 11.6. The standard InChI is InChI=1S/C46H46N2O7/c1-5-6-7-8-9-10-11-12-13-14-23-47-43(49)32-19-15-28-30-17-21-34-41-35(22-18-31(39(30)41)29-16-20-33(44(47)50)40(32)38(28)29)46(52)48(45(34)51)26-27-24-36(53-2)42(55-4)37(25-27)54-3/h15-22,24-25H,5-14,23,26H2,1-4H3. The highest BCUT2D eigenvalue weighted by atomic mass is 16.5. The maximum atomic E-state index is 14.2. The smallest absolute Gasteiger partial charge is 0.261 e. The van der Waals surface area contributed by atoms with Crippen LogP contribution in [0.25, 0.3) is 43.1 Å². The zero-order valence-electron chi connectivity index (χ0n) is 32.0. The summed E-state index contributed by atoms with van der Waals surface area (Å²) in [5.74, 6) is -0.0264. The van der Waals surface area contributed by atoms with Gasteiger partial charge in [-0.05, 0) is 80.7 Å². The van der Waals surface area contributed by atoms with Gasteiger partial charge in [0.1, 0.15) is 0 Å². The summed E-state index contributed by atoms with van der Waals surface area (Å²) >= 11 is 0. The zero-order valence-corrected chi connectivity index (χ0v) is 32.0. The van der Waals surface area contributed by atoms with E-state index in [1.54, 1.807) is 24.3 Å². The summed E-state index contributed by atoms with van der Waals surface area (Å²) in [4.78, 5) is 58.9. The van der Waals surface area contributed by atoms with E-state index in [1.807, 2.05) is 36.4 Å². The monoisotopic (exact) mass is 738 g/mol. The van der Waals surface area contributed by atoms with Crippen molar-refractivity contribution in [3.63, 3.8) is 0 Å². The first kappa shape index (κ1) is 36.3. The number of fused-ring (bicyclic) bond motifs is 2. The molecule has 2 aliphatic rings. The lowest BCUT2D eigenvalue weighted by atomic mass is 9.82. The topological polar surface area (TPSA) is 102 Å². The van der Waals surface area contributed by atoms with Crippen molar-refractivity contribution < 1.29 is 33.4 Å². The van der Waals surface area contributed by atoms with Gasteiger partial charge >= 0.3 is 0 Å². The van der Waals surface area contributed by atoms with E-state index in [9.17, 15) is 19.2 Å². The molecular formula is C46H46N2O7. The summed E-state index contributed by atoms with van der Waals surface area (Å²) < 4.78 is 16.5. The van der Waals surface area contributed by atoms with Gasteiger partial charge in [-0.15, -0.1) is 0 Å². The Morgan fingerprint density at radius 2 is 0.836 bits per heavy atom. The summed E-state index contributed by atoms with van der Waals surface area (Å²) in [5.41, 5.74) is 2.58. The maximum Gasteiger partial charge on any atom is 0.261 e. The molecule has 4 amide bonds. The third kappa shape index (κ3) is 5.92. The van der Waals surface area contributed by atoms with Gasteiger partial charge in [0.05, 0.1) is 27.9 Å². The highest BCUT2D eigenvalue weighted by Crippen LogP contribution is 2.47. The number of benzene rings is 6. The zero-order chi connectivity index (χ0) is 38.4. The number of nitrogens with zero attached hydrogens (tertiary/aromatic N) is 2. The van der Waals surface area contributed by atoms with Gasteiger partial charge in [-0.1, -0.05) is 89.0 Å². The normalized spacial score (nSPS) is 14.0. The van der Waals surface area contributed by atoms with Crippen molar-refractivity contribution in [1.29, 1.82) is 0 Å². The van der Waals surface area contributed by atoms with Gasteiger partial charge in [0.25, 0.3) is 23.6 Å². The average molecular weight is 739 g/mol. The Balaban J connectivity index is 1.11. The minimum absolute atomic E-state index is 0.00474. The molecule has 0 atom stereocenters. The molecule has 8 rings (SSSR count). The lowest BCUT2D eigenvalue weighted by molar-refractivity contribution is 0.0587. The predicted octanol–water partition coefficient (Wildman–Crippen LogP) is 10.1. The SMILES string of the molecule is CCCCCCCCCCCCN1C(=O)c2ccc3c4ccc5c6c(ccc(c7ccc(c2c37)C1=O)c64)C(=O)N(Cc1cc(OC)c(OC)c(OC)c1)C5=O. The quantitative estimate of drug-likeness (QED) is 0.0422. The summed E-state index contributed by atoms with van der Waals surface area (Å²) in [6.07, 6.45) is 11.8. The number of hydrogen-bond acceptors (Lipinski definition) is 7. The Morgan fingerprint density at radius 3 is 1.22 bits per heavy atom. The number of carbonyl (C=O) groups excluding carboxylic acids is 4. The molecule has 0 aliphatic carbocycles. The van der Waals surface area contributed by atoms with Crippen molar-refractivity contribution in [3.05, 3.63) is 88.5 Å². The van der Waals surface area contributed by atoms with Gasteiger partial charge in [-0.3, -0.25) is 29.0 Å². The minimum atomic E-state index is -0.398. The molecule has 6 aromatic carbocycles. The first-order chi connectivity index (χ1) is 26.8. The summed E-state index contributed by atoms with van der Waals surface area (Å²) in [6.45, 7) is 2.65. The molecule has 9 nitrogen and oxygen atoms in total. The third-order valence-corrected chi connectivity index (χ3v) is 11.6. The van der Waals surface area contributed by atoms with Crippen LogP contribution in [-0.2, 0) is 6.54 Å². The second-order valence-electron chi connectivity index (χ2n) is 14.8. The lowest BCUT2D eigenvalue weighted by Crippen LogP contribution is -2.41. The fourth-order valence-corrected chi connectivity index (χ4v) is 8.88. The van der Waals surface area contributed by atoms with Crippen LogP contribution in [0, 0.1) is 0 Å².